The number of imidazole rings is 1. The molecule has 0 aromatic carbocycles. The van der Waals surface area contributed by atoms with Crippen LogP contribution in [-0.4, -0.2) is 85.0 Å². The lowest BCUT2D eigenvalue weighted by atomic mass is 10.3. The van der Waals surface area contributed by atoms with Gasteiger partial charge < -0.3 is 24.2 Å². The Labute approximate surface area is 214 Å². The van der Waals surface area contributed by atoms with Crippen LogP contribution in [0.4, 0.5) is 11.8 Å². The zero-order valence-corrected chi connectivity index (χ0v) is 20.8. The van der Waals surface area contributed by atoms with E-state index in [4.69, 9.17) is 24.9 Å². The Morgan fingerprint density at radius 2 is 1.89 bits per heavy atom. The number of nitrogens with one attached hydrogen (secondary N) is 1. The molecule has 1 aliphatic heterocycles. The fraction of sp³-hybridized carbons (Fsp3) is 0.318. The molecule has 4 aromatic heterocycles. The third-order valence-electron chi connectivity index (χ3n) is 5.86. The first-order valence-corrected chi connectivity index (χ1v) is 12.0. The Kier molecular flexibility index (Phi) is 6.64. The summed E-state index contributed by atoms with van der Waals surface area (Å²) < 4.78 is 7.37. The molecule has 1 saturated heterocycles. The fourth-order valence-electron chi connectivity index (χ4n) is 3.89. The predicted molar refractivity (Wildman–Crippen MR) is 133 cm³/mol. The molecule has 0 saturated carbocycles. The topological polar surface area (TPSA) is 172 Å². The van der Waals surface area contributed by atoms with E-state index < -0.39 is 11.9 Å². The number of fused-ring (bicyclic) bond motifs is 1. The number of carboxylic acid groups (broad SMARTS) is 1. The largest absolute Gasteiger partial charge is 0.477 e. The number of hydrogen-bond acceptors (Lipinski definition) is 12. The van der Waals surface area contributed by atoms with Crippen LogP contribution in [0, 0.1) is 0 Å². The number of hydrogen-bond donors (Lipinski definition) is 3. The molecular weight excluding hydrogens is 502 g/mol. The van der Waals surface area contributed by atoms with Gasteiger partial charge in [-0.15, -0.1) is 11.3 Å². The maximum Gasteiger partial charge on any atom is 0.345 e. The minimum Gasteiger partial charge on any atom is -0.477 e. The Morgan fingerprint density at radius 1 is 1.16 bits per heavy atom. The zero-order chi connectivity index (χ0) is 26.1. The summed E-state index contributed by atoms with van der Waals surface area (Å²) in [6.45, 7) is 2.74. The first-order valence-electron chi connectivity index (χ1n) is 11.2. The van der Waals surface area contributed by atoms with E-state index in [-0.39, 0.29) is 10.4 Å². The van der Waals surface area contributed by atoms with Crippen molar-refractivity contribution < 1.29 is 24.6 Å². The number of aryl methyl sites for hydroxylation is 1. The number of carbonyl (C=O) groups excluding carboxylic acids is 1. The van der Waals surface area contributed by atoms with Crippen LogP contribution in [0.1, 0.15) is 25.9 Å². The Hall–Kier alpha value is -4.21. The van der Waals surface area contributed by atoms with E-state index >= 15 is 0 Å². The molecule has 15 heteroatoms. The number of ether oxygens (including phenoxy) is 1. The fourth-order valence-corrected chi connectivity index (χ4v) is 4.67. The van der Waals surface area contributed by atoms with Crippen LogP contribution in [-0.2, 0) is 18.3 Å². The molecule has 5 rings (SSSR count). The molecule has 4 aromatic rings. The molecule has 0 atom stereocenters. The molecule has 3 N–H and O–H groups in total. The summed E-state index contributed by atoms with van der Waals surface area (Å²) in [5.41, 5.74) is 2.91. The maximum absolute atomic E-state index is 11.5. The molecule has 0 aliphatic carbocycles. The zero-order valence-electron chi connectivity index (χ0n) is 20.0. The molecule has 1 aliphatic rings. The van der Waals surface area contributed by atoms with Crippen molar-refractivity contribution in [1.29, 1.82) is 0 Å². The SMILES string of the molecule is CN(Cc1nc2c(N3CCOCC3)nc(-c3ccc(C(=O)O)s3)nc2n1C)c1ncc(C(=O)NO)cn1. The first-order chi connectivity index (χ1) is 17.9. The highest BCUT2D eigenvalue weighted by atomic mass is 32.1. The maximum atomic E-state index is 11.5. The summed E-state index contributed by atoms with van der Waals surface area (Å²) in [4.78, 5) is 50.4. The van der Waals surface area contributed by atoms with Crippen molar-refractivity contribution in [3.8, 4) is 10.7 Å². The van der Waals surface area contributed by atoms with Crippen LogP contribution in [0.15, 0.2) is 24.5 Å². The number of hydroxylamine groups is 1. The number of thiophene rings is 1. The van der Waals surface area contributed by atoms with Crippen molar-refractivity contribution >= 4 is 46.1 Å². The third-order valence-corrected chi connectivity index (χ3v) is 6.93. The molecule has 14 nitrogen and oxygen atoms in total. The first kappa shape index (κ1) is 24.5. The van der Waals surface area contributed by atoms with E-state index in [1.54, 1.807) is 29.6 Å². The standard InChI is InChI=1S/C22H23N9O5S/c1-29(22-23-9-12(10-24-22)20(32)28-35)11-15-25-16-18(30(15)2)26-17(13-3-4-14(37-13)21(33)34)27-19(16)31-5-7-36-8-6-31/h3-4,9-10,35H,5-8,11H2,1-2H3,(H,28,32)(H,33,34). The quantitative estimate of drug-likeness (QED) is 0.233. The van der Waals surface area contributed by atoms with E-state index in [2.05, 4.69) is 14.9 Å². The number of rotatable bonds is 7. The summed E-state index contributed by atoms with van der Waals surface area (Å²) in [7, 11) is 3.64. The lowest BCUT2D eigenvalue weighted by molar-refractivity contribution is 0.0696. The van der Waals surface area contributed by atoms with Crippen LogP contribution in [0.5, 0.6) is 0 Å². The number of carboxylic acids is 1. The molecule has 1 amide bonds. The number of amides is 1. The summed E-state index contributed by atoms with van der Waals surface area (Å²) in [5, 5.41) is 18.1. The highest BCUT2D eigenvalue weighted by molar-refractivity contribution is 7.17. The second-order valence-corrected chi connectivity index (χ2v) is 9.35. The van der Waals surface area contributed by atoms with E-state index in [0.29, 0.717) is 72.3 Å². The van der Waals surface area contributed by atoms with Crippen LogP contribution in [0.25, 0.3) is 21.9 Å². The minimum atomic E-state index is -0.996. The minimum absolute atomic E-state index is 0.125. The summed E-state index contributed by atoms with van der Waals surface area (Å²) >= 11 is 1.12. The van der Waals surface area contributed by atoms with Crippen molar-refractivity contribution in [2.75, 3.05) is 43.2 Å². The normalized spacial score (nSPS) is 13.6. The van der Waals surface area contributed by atoms with Gasteiger partial charge in [-0.2, -0.15) is 0 Å². The molecule has 0 unspecified atom stereocenters. The van der Waals surface area contributed by atoms with E-state index in [0.717, 1.165) is 11.3 Å². The molecule has 192 valence electrons. The van der Waals surface area contributed by atoms with Gasteiger partial charge in [-0.1, -0.05) is 0 Å². The van der Waals surface area contributed by atoms with Crippen molar-refractivity contribution in [1.82, 2.24) is 35.0 Å². The van der Waals surface area contributed by atoms with Gasteiger partial charge in [-0.3, -0.25) is 10.0 Å². The van der Waals surface area contributed by atoms with Gasteiger partial charge in [0, 0.05) is 39.6 Å². The van der Waals surface area contributed by atoms with Gasteiger partial charge >= 0.3 is 5.97 Å². The number of aromatic carboxylic acids is 1. The lowest BCUT2D eigenvalue weighted by Crippen LogP contribution is -2.37. The van der Waals surface area contributed by atoms with Gasteiger partial charge in [0.05, 0.1) is 30.2 Å². The number of carbonyl (C=O) groups is 2. The van der Waals surface area contributed by atoms with Crippen LogP contribution < -0.4 is 15.3 Å². The highest BCUT2D eigenvalue weighted by Crippen LogP contribution is 2.32. The van der Waals surface area contributed by atoms with Gasteiger partial charge in [-0.05, 0) is 12.1 Å². The second kappa shape index (κ2) is 10.0. The summed E-state index contributed by atoms with van der Waals surface area (Å²) in [5.74, 6) is 0.432. The number of nitrogens with zero attached hydrogens (tertiary/aromatic N) is 8. The van der Waals surface area contributed by atoms with E-state index in [1.807, 2.05) is 11.6 Å². The van der Waals surface area contributed by atoms with E-state index in [1.165, 1.54) is 12.4 Å². The number of morpholine rings is 1. The van der Waals surface area contributed by atoms with E-state index in [9.17, 15) is 14.7 Å². The molecule has 0 bridgehead atoms. The molecule has 5 heterocycles. The van der Waals surface area contributed by atoms with Gasteiger partial charge in [0.15, 0.2) is 22.8 Å². The van der Waals surface area contributed by atoms with Crippen molar-refractivity contribution in [2.24, 2.45) is 7.05 Å². The van der Waals surface area contributed by atoms with Crippen LogP contribution in [0.2, 0.25) is 0 Å². The van der Waals surface area contributed by atoms with Gasteiger partial charge in [0.25, 0.3) is 5.91 Å². The van der Waals surface area contributed by atoms with Crippen LogP contribution in [0.3, 0.4) is 0 Å². The Bertz CT molecular complexity index is 1460. The monoisotopic (exact) mass is 525 g/mol. The molecule has 37 heavy (non-hydrogen) atoms. The van der Waals surface area contributed by atoms with Gasteiger partial charge in [0.1, 0.15) is 10.7 Å². The average Bonchev–Trinajstić information content (AvgIpc) is 3.54. The molecule has 0 radical (unpaired) electrons. The second-order valence-electron chi connectivity index (χ2n) is 8.27. The molecule has 1 fully saturated rings. The van der Waals surface area contributed by atoms with Crippen LogP contribution >= 0.6 is 11.3 Å². The van der Waals surface area contributed by atoms with Crippen molar-refractivity contribution in [3.63, 3.8) is 0 Å². The van der Waals surface area contributed by atoms with Gasteiger partial charge in [-0.25, -0.2) is 35.2 Å². The van der Waals surface area contributed by atoms with Gasteiger partial charge in [0.2, 0.25) is 5.95 Å². The highest BCUT2D eigenvalue weighted by Gasteiger charge is 2.24. The Balaban J connectivity index is 1.52. The smallest absolute Gasteiger partial charge is 0.345 e. The van der Waals surface area contributed by atoms with Crippen molar-refractivity contribution in [3.05, 3.63) is 40.8 Å². The third kappa shape index (κ3) is 4.78. The molecule has 0 spiro atoms. The number of aromatic nitrogens is 6. The average molecular weight is 526 g/mol. The van der Waals surface area contributed by atoms with Crippen molar-refractivity contribution in [2.45, 2.75) is 6.54 Å². The number of anilines is 2. The Morgan fingerprint density at radius 3 is 2.54 bits per heavy atom. The molecular formula is C22H23N9O5S. The predicted octanol–water partition coefficient (Wildman–Crippen LogP) is 1.17. The lowest BCUT2D eigenvalue weighted by Gasteiger charge is -2.28. The summed E-state index contributed by atoms with van der Waals surface area (Å²) in [6.07, 6.45) is 2.64. The summed E-state index contributed by atoms with van der Waals surface area (Å²) in [6, 6.07) is 3.25.